The Morgan fingerprint density at radius 3 is 2.38 bits per heavy atom. The number of nitro benzene ring substituents is 1. The zero-order valence-corrected chi connectivity index (χ0v) is 18.4. The van der Waals surface area contributed by atoms with Gasteiger partial charge in [-0.15, -0.1) is 0 Å². The maximum absolute atomic E-state index is 13.9. The quantitative estimate of drug-likeness (QED) is 0.295. The molecule has 0 heterocycles. The highest BCUT2D eigenvalue weighted by molar-refractivity contribution is 7.92. The van der Waals surface area contributed by atoms with Crippen molar-refractivity contribution in [3.63, 3.8) is 0 Å². The fourth-order valence-corrected chi connectivity index (χ4v) is 4.17. The van der Waals surface area contributed by atoms with Crippen LogP contribution in [0.5, 0.6) is 0 Å². The Bertz CT molecular complexity index is 1320. The third-order valence-electron chi connectivity index (χ3n) is 4.71. The third-order valence-corrected chi connectivity index (χ3v) is 6.07. The summed E-state index contributed by atoms with van der Waals surface area (Å²) < 4.78 is 41.9. The summed E-state index contributed by atoms with van der Waals surface area (Å²) in [5.74, 6) is -0.482. The first-order valence-corrected chi connectivity index (χ1v) is 11.0. The predicted molar refractivity (Wildman–Crippen MR) is 122 cm³/mol. The lowest BCUT2D eigenvalue weighted by Gasteiger charge is -2.12. The van der Waals surface area contributed by atoms with Crippen LogP contribution in [0.4, 0.5) is 21.5 Å². The van der Waals surface area contributed by atoms with Gasteiger partial charge in [-0.3, -0.25) is 20.3 Å². The highest BCUT2D eigenvalue weighted by atomic mass is 32.2. The molecule has 8 nitrogen and oxygen atoms in total. The second kappa shape index (κ2) is 9.15. The standard InChI is InChI=1S/C22H21FN4O4S/c1-14-8-10-20(15(2)12-14)26-32(30,31)17-9-11-21(22(13-17)27(28)29)25-24-16(3)18-6-4-5-7-19(18)23/h4-13,25-26H,1-3H3/b24-16+. The number of aryl methyl sites for hydroxylation is 2. The molecule has 0 aromatic heterocycles. The van der Waals surface area contributed by atoms with Crippen molar-refractivity contribution >= 4 is 32.8 Å². The first kappa shape index (κ1) is 22.9. The van der Waals surface area contributed by atoms with Gasteiger partial charge in [-0.05, 0) is 50.6 Å². The minimum Gasteiger partial charge on any atom is -0.279 e. The Morgan fingerprint density at radius 2 is 1.72 bits per heavy atom. The number of nitrogens with zero attached hydrogens (tertiary/aromatic N) is 2. The zero-order chi connectivity index (χ0) is 23.5. The fourth-order valence-electron chi connectivity index (χ4n) is 3.01. The lowest BCUT2D eigenvalue weighted by atomic mass is 10.1. The molecule has 0 aliphatic heterocycles. The van der Waals surface area contributed by atoms with Crippen LogP contribution < -0.4 is 10.1 Å². The van der Waals surface area contributed by atoms with E-state index in [2.05, 4.69) is 15.2 Å². The number of halogens is 1. The summed E-state index contributed by atoms with van der Waals surface area (Å²) in [7, 11) is -4.07. The summed E-state index contributed by atoms with van der Waals surface area (Å²) in [6, 6.07) is 14.6. The Kier molecular flexibility index (Phi) is 6.54. The van der Waals surface area contributed by atoms with Crippen LogP contribution in [0.2, 0.25) is 0 Å². The zero-order valence-electron chi connectivity index (χ0n) is 17.6. The van der Waals surface area contributed by atoms with Crippen LogP contribution in [0.25, 0.3) is 0 Å². The second-order valence-electron chi connectivity index (χ2n) is 7.15. The molecule has 0 atom stereocenters. The number of nitrogens with one attached hydrogen (secondary N) is 2. The van der Waals surface area contributed by atoms with Crippen molar-refractivity contribution in [2.75, 3.05) is 10.1 Å². The monoisotopic (exact) mass is 456 g/mol. The van der Waals surface area contributed by atoms with E-state index in [1.54, 1.807) is 32.0 Å². The van der Waals surface area contributed by atoms with Gasteiger partial charge in [0.05, 0.1) is 21.2 Å². The van der Waals surface area contributed by atoms with E-state index in [1.807, 2.05) is 13.0 Å². The lowest BCUT2D eigenvalue weighted by Crippen LogP contribution is -2.14. The van der Waals surface area contributed by atoms with E-state index < -0.39 is 26.5 Å². The van der Waals surface area contributed by atoms with E-state index in [-0.39, 0.29) is 21.9 Å². The SMILES string of the molecule is C/C(=N\Nc1ccc(S(=O)(=O)Nc2ccc(C)cc2C)cc1[N+](=O)[O-])c1ccccc1F. The molecule has 0 spiro atoms. The number of hydrogen-bond donors (Lipinski definition) is 2. The Morgan fingerprint density at radius 1 is 1.03 bits per heavy atom. The van der Waals surface area contributed by atoms with Gasteiger partial charge in [-0.25, -0.2) is 12.8 Å². The third kappa shape index (κ3) is 5.09. The highest BCUT2D eigenvalue weighted by Gasteiger charge is 2.22. The summed E-state index contributed by atoms with van der Waals surface area (Å²) in [5.41, 5.74) is 4.59. The molecule has 32 heavy (non-hydrogen) atoms. The molecule has 3 rings (SSSR count). The number of hydrogen-bond acceptors (Lipinski definition) is 6. The van der Waals surface area contributed by atoms with Crippen molar-refractivity contribution in [3.8, 4) is 0 Å². The maximum Gasteiger partial charge on any atom is 0.295 e. The van der Waals surface area contributed by atoms with Gasteiger partial charge in [0.2, 0.25) is 0 Å². The highest BCUT2D eigenvalue weighted by Crippen LogP contribution is 2.29. The minimum absolute atomic E-state index is 0.0313. The molecule has 0 fully saturated rings. The molecule has 0 saturated carbocycles. The topological polar surface area (TPSA) is 114 Å². The molecule has 3 aromatic rings. The molecule has 2 N–H and O–H groups in total. The minimum atomic E-state index is -4.07. The van der Waals surface area contributed by atoms with Gasteiger partial charge in [0.1, 0.15) is 11.5 Å². The summed E-state index contributed by atoms with van der Waals surface area (Å²) >= 11 is 0. The van der Waals surface area contributed by atoms with E-state index in [9.17, 15) is 22.9 Å². The predicted octanol–water partition coefficient (Wildman–Crippen LogP) is 4.99. The largest absolute Gasteiger partial charge is 0.295 e. The summed E-state index contributed by atoms with van der Waals surface area (Å²) in [4.78, 5) is 10.6. The van der Waals surface area contributed by atoms with Crippen molar-refractivity contribution < 1.29 is 17.7 Å². The molecule has 0 aliphatic rings. The van der Waals surface area contributed by atoms with Crippen LogP contribution in [0.3, 0.4) is 0 Å². The summed E-state index contributed by atoms with van der Waals surface area (Å²) in [6.45, 7) is 5.19. The Balaban J connectivity index is 1.91. The number of hydrazone groups is 1. The lowest BCUT2D eigenvalue weighted by molar-refractivity contribution is -0.384. The van der Waals surface area contributed by atoms with Gasteiger partial charge < -0.3 is 0 Å². The van der Waals surface area contributed by atoms with Gasteiger partial charge in [0.25, 0.3) is 15.7 Å². The van der Waals surface area contributed by atoms with E-state index >= 15 is 0 Å². The molecular weight excluding hydrogens is 435 g/mol. The van der Waals surface area contributed by atoms with E-state index in [1.165, 1.54) is 30.3 Å². The van der Waals surface area contributed by atoms with Gasteiger partial charge in [0.15, 0.2) is 0 Å². The number of sulfonamides is 1. The fraction of sp³-hybridized carbons (Fsp3) is 0.136. The number of nitro groups is 1. The molecule has 0 bridgehead atoms. The van der Waals surface area contributed by atoms with Crippen molar-refractivity contribution in [1.82, 2.24) is 0 Å². The number of rotatable bonds is 7. The summed E-state index contributed by atoms with van der Waals surface area (Å²) in [5, 5.41) is 15.6. The van der Waals surface area contributed by atoms with Crippen molar-refractivity contribution in [2.24, 2.45) is 5.10 Å². The molecule has 3 aromatic carbocycles. The molecule has 0 unspecified atom stereocenters. The van der Waals surface area contributed by atoms with Crippen LogP contribution >= 0.6 is 0 Å². The molecule has 166 valence electrons. The smallest absolute Gasteiger partial charge is 0.279 e. The van der Waals surface area contributed by atoms with Gasteiger partial charge in [0, 0.05) is 11.6 Å². The van der Waals surface area contributed by atoms with E-state index in [0.29, 0.717) is 5.69 Å². The Labute approximate surface area is 185 Å². The van der Waals surface area contributed by atoms with E-state index in [4.69, 9.17) is 0 Å². The van der Waals surface area contributed by atoms with Gasteiger partial charge >= 0.3 is 0 Å². The molecule has 0 saturated heterocycles. The molecule has 0 amide bonds. The number of benzene rings is 3. The first-order chi connectivity index (χ1) is 15.1. The van der Waals surface area contributed by atoms with Crippen molar-refractivity contribution in [2.45, 2.75) is 25.7 Å². The normalized spacial score (nSPS) is 11.8. The maximum atomic E-state index is 13.9. The van der Waals surface area contributed by atoms with Crippen molar-refractivity contribution in [1.29, 1.82) is 0 Å². The van der Waals surface area contributed by atoms with Gasteiger partial charge in [-0.1, -0.05) is 35.9 Å². The Hall–Kier alpha value is -3.79. The van der Waals surface area contributed by atoms with Gasteiger partial charge in [-0.2, -0.15) is 5.10 Å². The average Bonchev–Trinajstić information content (AvgIpc) is 2.74. The van der Waals surface area contributed by atoms with Crippen LogP contribution in [-0.4, -0.2) is 19.1 Å². The van der Waals surface area contributed by atoms with Crippen LogP contribution in [0.1, 0.15) is 23.6 Å². The van der Waals surface area contributed by atoms with E-state index in [0.717, 1.165) is 17.2 Å². The average molecular weight is 456 g/mol. The van der Waals surface area contributed by atoms with Crippen LogP contribution in [0.15, 0.2) is 70.7 Å². The second-order valence-corrected chi connectivity index (χ2v) is 8.83. The molecule has 0 radical (unpaired) electrons. The van der Waals surface area contributed by atoms with Crippen LogP contribution in [-0.2, 0) is 10.0 Å². The van der Waals surface area contributed by atoms with Crippen molar-refractivity contribution in [3.05, 3.63) is 93.3 Å². The number of anilines is 2. The summed E-state index contributed by atoms with van der Waals surface area (Å²) in [6.07, 6.45) is 0. The molecule has 0 aliphatic carbocycles. The molecule has 10 heteroatoms. The molecular formula is C22H21FN4O4S. The van der Waals surface area contributed by atoms with Crippen LogP contribution in [0, 0.1) is 29.8 Å². The first-order valence-electron chi connectivity index (χ1n) is 9.52.